The Labute approximate surface area is 160 Å². The van der Waals surface area contributed by atoms with Gasteiger partial charge in [0.2, 0.25) is 15.9 Å². The Balaban J connectivity index is 0.00000338. The van der Waals surface area contributed by atoms with Gasteiger partial charge >= 0.3 is 0 Å². The standard InChI is InChI=1S/C18H23N3O3S.ClH/c1-13-6-7-14(2)15(10-13)11-18(22)21-16-4-3-5-17(12-16)25(23,24)20-9-8-19;/h3-7,10,12,20H,8-9,11,19H2,1-2H3,(H,21,22);1H. The van der Waals surface area contributed by atoms with Crippen molar-refractivity contribution in [3.05, 3.63) is 59.2 Å². The Bertz CT molecular complexity index is 870. The van der Waals surface area contributed by atoms with Crippen molar-refractivity contribution in [1.82, 2.24) is 4.72 Å². The third kappa shape index (κ3) is 6.10. The maximum Gasteiger partial charge on any atom is 0.240 e. The molecule has 8 heteroatoms. The Morgan fingerprint density at radius 2 is 1.85 bits per heavy atom. The number of sulfonamides is 1. The molecule has 1 amide bonds. The molecule has 6 nitrogen and oxygen atoms in total. The molecule has 0 aliphatic carbocycles. The summed E-state index contributed by atoms with van der Waals surface area (Å²) in [6.07, 6.45) is 0.232. The van der Waals surface area contributed by atoms with Gasteiger partial charge in [-0.05, 0) is 43.2 Å². The van der Waals surface area contributed by atoms with E-state index in [0.717, 1.165) is 16.7 Å². The molecule has 0 radical (unpaired) electrons. The summed E-state index contributed by atoms with van der Waals surface area (Å²) in [4.78, 5) is 12.4. The van der Waals surface area contributed by atoms with Gasteiger partial charge in [0.25, 0.3) is 0 Å². The lowest BCUT2D eigenvalue weighted by atomic mass is 10.0. The number of benzene rings is 2. The first-order valence-electron chi connectivity index (χ1n) is 7.97. The van der Waals surface area contributed by atoms with Crippen LogP contribution in [0.5, 0.6) is 0 Å². The van der Waals surface area contributed by atoms with Gasteiger partial charge < -0.3 is 11.1 Å². The molecular formula is C18H24ClN3O3S. The van der Waals surface area contributed by atoms with E-state index >= 15 is 0 Å². The number of carbonyl (C=O) groups excluding carboxylic acids is 1. The Hall–Kier alpha value is -1.93. The normalized spacial score (nSPS) is 10.9. The summed E-state index contributed by atoms with van der Waals surface area (Å²) in [5.74, 6) is -0.196. The van der Waals surface area contributed by atoms with Crippen LogP contribution in [0.4, 0.5) is 5.69 Å². The molecule has 0 spiro atoms. The van der Waals surface area contributed by atoms with Gasteiger partial charge in [0.15, 0.2) is 0 Å². The number of carbonyl (C=O) groups is 1. The minimum atomic E-state index is -3.63. The smallest absolute Gasteiger partial charge is 0.240 e. The number of nitrogens with two attached hydrogens (primary N) is 1. The first-order chi connectivity index (χ1) is 11.8. The molecule has 0 aliphatic heterocycles. The molecule has 142 valence electrons. The van der Waals surface area contributed by atoms with Gasteiger partial charge in [0.1, 0.15) is 0 Å². The lowest BCUT2D eigenvalue weighted by Gasteiger charge is -2.10. The van der Waals surface area contributed by atoms with Crippen LogP contribution in [-0.4, -0.2) is 27.4 Å². The van der Waals surface area contributed by atoms with Crippen molar-refractivity contribution in [2.75, 3.05) is 18.4 Å². The minimum absolute atomic E-state index is 0. The van der Waals surface area contributed by atoms with Gasteiger partial charge in [-0.15, -0.1) is 12.4 Å². The van der Waals surface area contributed by atoms with Gasteiger partial charge in [0, 0.05) is 18.8 Å². The van der Waals surface area contributed by atoms with E-state index in [0.29, 0.717) is 5.69 Å². The van der Waals surface area contributed by atoms with Crippen molar-refractivity contribution in [2.24, 2.45) is 5.73 Å². The number of hydrogen-bond acceptors (Lipinski definition) is 4. The van der Waals surface area contributed by atoms with Crippen LogP contribution in [0.2, 0.25) is 0 Å². The molecule has 4 N–H and O–H groups in total. The molecule has 2 aromatic carbocycles. The van der Waals surface area contributed by atoms with Crippen molar-refractivity contribution < 1.29 is 13.2 Å². The zero-order chi connectivity index (χ0) is 18.4. The first-order valence-corrected chi connectivity index (χ1v) is 9.46. The molecule has 0 saturated carbocycles. The second-order valence-electron chi connectivity index (χ2n) is 5.87. The van der Waals surface area contributed by atoms with Gasteiger partial charge in [-0.1, -0.05) is 29.8 Å². The fourth-order valence-electron chi connectivity index (χ4n) is 2.39. The highest BCUT2D eigenvalue weighted by molar-refractivity contribution is 7.89. The average molecular weight is 398 g/mol. The predicted octanol–water partition coefficient (Wildman–Crippen LogP) is 2.14. The molecule has 0 unspecified atom stereocenters. The van der Waals surface area contributed by atoms with Crippen molar-refractivity contribution >= 4 is 34.0 Å². The number of aryl methyl sites for hydroxylation is 2. The number of hydrogen-bond donors (Lipinski definition) is 3. The summed E-state index contributed by atoms with van der Waals surface area (Å²) in [5, 5.41) is 2.75. The monoisotopic (exact) mass is 397 g/mol. The molecule has 0 fully saturated rings. The molecule has 2 rings (SSSR count). The van der Waals surface area contributed by atoms with Crippen molar-refractivity contribution in [1.29, 1.82) is 0 Å². The summed E-state index contributed by atoms with van der Waals surface area (Å²) in [6.45, 7) is 4.30. The van der Waals surface area contributed by atoms with Crippen molar-refractivity contribution in [2.45, 2.75) is 25.2 Å². The van der Waals surface area contributed by atoms with Crippen LogP contribution in [-0.2, 0) is 21.2 Å². The Kier molecular flexibility index (Phi) is 8.23. The molecule has 0 bridgehead atoms. The highest BCUT2D eigenvalue weighted by Gasteiger charge is 2.14. The van der Waals surface area contributed by atoms with Crippen LogP contribution < -0.4 is 15.8 Å². The number of halogens is 1. The molecule has 0 saturated heterocycles. The molecule has 26 heavy (non-hydrogen) atoms. The van der Waals surface area contributed by atoms with Crippen LogP contribution in [0.1, 0.15) is 16.7 Å². The molecule has 0 heterocycles. The lowest BCUT2D eigenvalue weighted by molar-refractivity contribution is -0.115. The summed E-state index contributed by atoms with van der Waals surface area (Å²) < 4.78 is 26.6. The number of rotatable bonds is 7. The van der Waals surface area contributed by atoms with E-state index in [2.05, 4.69) is 10.0 Å². The quantitative estimate of drug-likeness (QED) is 0.666. The van der Waals surface area contributed by atoms with Crippen LogP contribution in [0.15, 0.2) is 47.4 Å². The summed E-state index contributed by atoms with van der Waals surface area (Å²) in [6, 6.07) is 12.1. The summed E-state index contributed by atoms with van der Waals surface area (Å²) >= 11 is 0. The highest BCUT2D eigenvalue weighted by Crippen LogP contribution is 2.17. The van der Waals surface area contributed by atoms with E-state index in [9.17, 15) is 13.2 Å². The SMILES string of the molecule is Cc1ccc(C)c(CC(=O)Nc2cccc(S(=O)(=O)NCCN)c2)c1.Cl. The van der Waals surface area contributed by atoms with E-state index in [4.69, 9.17) is 5.73 Å². The second kappa shape index (κ2) is 9.68. The number of anilines is 1. The highest BCUT2D eigenvalue weighted by atomic mass is 35.5. The zero-order valence-electron chi connectivity index (χ0n) is 14.8. The number of nitrogens with one attached hydrogen (secondary N) is 2. The molecule has 0 aliphatic rings. The van der Waals surface area contributed by atoms with Crippen molar-refractivity contribution in [3.63, 3.8) is 0 Å². The van der Waals surface area contributed by atoms with Crippen LogP contribution >= 0.6 is 12.4 Å². The van der Waals surface area contributed by atoms with Gasteiger partial charge in [-0.3, -0.25) is 4.79 Å². The lowest BCUT2D eigenvalue weighted by Crippen LogP contribution is -2.29. The summed E-state index contributed by atoms with van der Waals surface area (Å²) in [5.41, 5.74) is 8.84. The van der Waals surface area contributed by atoms with Crippen molar-refractivity contribution in [3.8, 4) is 0 Å². The fraction of sp³-hybridized carbons (Fsp3) is 0.278. The molecule has 2 aromatic rings. The third-order valence-electron chi connectivity index (χ3n) is 3.72. The first kappa shape index (κ1) is 22.1. The predicted molar refractivity (Wildman–Crippen MR) is 106 cm³/mol. The topological polar surface area (TPSA) is 101 Å². The summed E-state index contributed by atoms with van der Waals surface area (Å²) in [7, 11) is -3.63. The van der Waals surface area contributed by atoms with E-state index in [-0.39, 0.29) is 42.7 Å². The zero-order valence-corrected chi connectivity index (χ0v) is 16.4. The van der Waals surface area contributed by atoms with E-state index in [1.54, 1.807) is 12.1 Å². The Morgan fingerprint density at radius 3 is 2.54 bits per heavy atom. The van der Waals surface area contributed by atoms with Crippen LogP contribution in [0.3, 0.4) is 0 Å². The third-order valence-corrected chi connectivity index (χ3v) is 5.18. The molecule has 0 atom stereocenters. The Morgan fingerprint density at radius 1 is 1.12 bits per heavy atom. The largest absolute Gasteiger partial charge is 0.329 e. The van der Waals surface area contributed by atoms with E-state index < -0.39 is 10.0 Å². The second-order valence-corrected chi connectivity index (χ2v) is 7.64. The van der Waals surface area contributed by atoms with Gasteiger partial charge in [-0.2, -0.15) is 0 Å². The van der Waals surface area contributed by atoms with Crippen LogP contribution in [0, 0.1) is 13.8 Å². The fourth-order valence-corrected chi connectivity index (χ4v) is 3.48. The van der Waals surface area contributed by atoms with E-state index in [1.165, 1.54) is 12.1 Å². The molecule has 0 aromatic heterocycles. The van der Waals surface area contributed by atoms with E-state index in [1.807, 2.05) is 32.0 Å². The maximum absolute atomic E-state index is 12.3. The maximum atomic E-state index is 12.3. The minimum Gasteiger partial charge on any atom is -0.329 e. The van der Waals surface area contributed by atoms with Gasteiger partial charge in [0.05, 0.1) is 11.3 Å². The van der Waals surface area contributed by atoms with Gasteiger partial charge in [-0.25, -0.2) is 13.1 Å². The molecular weight excluding hydrogens is 374 g/mol. The average Bonchev–Trinajstić information content (AvgIpc) is 2.56. The van der Waals surface area contributed by atoms with Crippen LogP contribution in [0.25, 0.3) is 0 Å². The number of amides is 1.